The van der Waals surface area contributed by atoms with Crippen LogP contribution in [-0.2, 0) is 16.4 Å². The van der Waals surface area contributed by atoms with E-state index in [2.05, 4.69) is 9.71 Å². The third kappa shape index (κ3) is 5.12. The smallest absolute Gasteiger partial charge is 0.212 e. The van der Waals surface area contributed by atoms with Crippen LogP contribution in [0.25, 0.3) is 0 Å². The molecular weight excluding hydrogens is 250 g/mol. The number of sulfonamides is 1. The molecule has 0 fully saturated rings. The molecule has 0 aliphatic heterocycles. The van der Waals surface area contributed by atoms with Crippen molar-refractivity contribution in [3.63, 3.8) is 0 Å². The molecule has 1 aromatic rings. The van der Waals surface area contributed by atoms with Crippen molar-refractivity contribution >= 4 is 10.0 Å². The Morgan fingerprint density at radius 2 is 2.11 bits per heavy atom. The predicted molar refractivity (Wildman–Crippen MR) is 72.5 cm³/mol. The third-order valence-corrected chi connectivity index (χ3v) is 4.15. The molecule has 5 nitrogen and oxygen atoms in total. The standard InChI is InChI=1S/C12H21N3O2S/c1-10(2)12(9-13)15-18(16,17)8-6-11-5-3-4-7-14-11/h3-5,7,10,12,15H,6,8-9,13H2,1-2H3. The number of nitrogens with two attached hydrogens (primary N) is 1. The first-order chi connectivity index (χ1) is 8.44. The molecular formula is C12H21N3O2S. The summed E-state index contributed by atoms with van der Waals surface area (Å²) in [5.41, 5.74) is 6.32. The minimum Gasteiger partial charge on any atom is -0.329 e. The molecule has 0 bridgehead atoms. The second-order valence-corrected chi connectivity index (χ2v) is 6.47. The number of nitrogens with one attached hydrogen (secondary N) is 1. The minimum atomic E-state index is -3.31. The van der Waals surface area contributed by atoms with Crippen LogP contribution in [0.15, 0.2) is 24.4 Å². The molecule has 0 amide bonds. The summed E-state index contributed by atoms with van der Waals surface area (Å²) in [4.78, 5) is 4.10. The summed E-state index contributed by atoms with van der Waals surface area (Å²) in [6, 6.07) is 5.26. The lowest BCUT2D eigenvalue weighted by Crippen LogP contribution is -2.44. The van der Waals surface area contributed by atoms with Crippen LogP contribution < -0.4 is 10.5 Å². The molecule has 0 aliphatic rings. The Bertz CT molecular complexity index is 446. The first kappa shape index (κ1) is 15.1. The Hall–Kier alpha value is -0.980. The molecule has 3 N–H and O–H groups in total. The molecule has 0 aromatic carbocycles. The highest BCUT2D eigenvalue weighted by molar-refractivity contribution is 7.89. The van der Waals surface area contributed by atoms with E-state index < -0.39 is 10.0 Å². The Kier molecular flexibility index (Phi) is 5.71. The van der Waals surface area contributed by atoms with Crippen molar-refractivity contribution in [2.24, 2.45) is 11.7 Å². The van der Waals surface area contributed by atoms with Gasteiger partial charge in [-0.05, 0) is 18.1 Å². The summed E-state index contributed by atoms with van der Waals surface area (Å²) in [7, 11) is -3.31. The van der Waals surface area contributed by atoms with Crippen molar-refractivity contribution in [1.82, 2.24) is 9.71 Å². The van der Waals surface area contributed by atoms with Crippen LogP contribution >= 0.6 is 0 Å². The second-order valence-electron chi connectivity index (χ2n) is 4.59. The number of nitrogens with zero attached hydrogens (tertiary/aromatic N) is 1. The maximum atomic E-state index is 11.9. The lowest BCUT2D eigenvalue weighted by molar-refractivity contribution is 0.454. The highest BCUT2D eigenvalue weighted by atomic mass is 32.2. The average Bonchev–Trinajstić information content (AvgIpc) is 2.35. The van der Waals surface area contributed by atoms with Crippen molar-refractivity contribution in [2.45, 2.75) is 26.3 Å². The summed E-state index contributed by atoms with van der Waals surface area (Å²) >= 11 is 0. The van der Waals surface area contributed by atoms with E-state index in [1.807, 2.05) is 26.0 Å². The van der Waals surface area contributed by atoms with Gasteiger partial charge in [-0.15, -0.1) is 0 Å². The van der Waals surface area contributed by atoms with Gasteiger partial charge in [-0.2, -0.15) is 0 Å². The fraction of sp³-hybridized carbons (Fsp3) is 0.583. The number of aryl methyl sites for hydroxylation is 1. The van der Waals surface area contributed by atoms with Crippen LogP contribution in [0.2, 0.25) is 0 Å². The number of hydrogen-bond acceptors (Lipinski definition) is 4. The lowest BCUT2D eigenvalue weighted by atomic mass is 10.1. The van der Waals surface area contributed by atoms with E-state index in [1.54, 1.807) is 12.3 Å². The Morgan fingerprint density at radius 3 is 2.61 bits per heavy atom. The zero-order chi connectivity index (χ0) is 13.6. The molecule has 0 saturated carbocycles. The largest absolute Gasteiger partial charge is 0.329 e. The maximum Gasteiger partial charge on any atom is 0.212 e. The first-order valence-corrected chi connectivity index (χ1v) is 7.70. The SMILES string of the molecule is CC(C)C(CN)NS(=O)(=O)CCc1ccccn1. The van der Waals surface area contributed by atoms with Crippen molar-refractivity contribution in [3.05, 3.63) is 30.1 Å². The van der Waals surface area contributed by atoms with Gasteiger partial charge in [0.05, 0.1) is 5.75 Å². The van der Waals surface area contributed by atoms with Crippen molar-refractivity contribution in [1.29, 1.82) is 0 Å². The van der Waals surface area contributed by atoms with Gasteiger partial charge < -0.3 is 5.73 Å². The topological polar surface area (TPSA) is 85.1 Å². The van der Waals surface area contributed by atoms with Gasteiger partial charge in [0, 0.05) is 30.9 Å². The van der Waals surface area contributed by atoms with Crippen LogP contribution in [0.3, 0.4) is 0 Å². The van der Waals surface area contributed by atoms with Gasteiger partial charge in [-0.1, -0.05) is 19.9 Å². The Labute approximate surface area is 109 Å². The normalized spacial score (nSPS) is 13.8. The van der Waals surface area contributed by atoms with Gasteiger partial charge in [0.15, 0.2) is 0 Å². The molecule has 0 aliphatic carbocycles. The van der Waals surface area contributed by atoms with Crippen LogP contribution in [0.4, 0.5) is 0 Å². The molecule has 1 heterocycles. The highest BCUT2D eigenvalue weighted by Crippen LogP contribution is 2.03. The maximum absolute atomic E-state index is 11.9. The summed E-state index contributed by atoms with van der Waals surface area (Å²) in [6.07, 6.45) is 2.07. The Balaban J connectivity index is 2.55. The molecule has 1 unspecified atom stereocenters. The zero-order valence-corrected chi connectivity index (χ0v) is 11.7. The number of pyridine rings is 1. The number of rotatable bonds is 7. The molecule has 1 atom stereocenters. The van der Waals surface area contributed by atoms with Gasteiger partial charge in [0.1, 0.15) is 0 Å². The quantitative estimate of drug-likeness (QED) is 0.757. The van der Waals surface area contributed by atoms with Gasteiger partial charge in [-0.25, -0.2) is 13.1 Å². The summed E-state index contributed by atoms with van der Waals surface area (Å²) in [5, 5.41) is 0. The monoisotopic (exact) mass is 271 g/mol. The lowest BCUT2D eigenvalue weighted by Gasteiger charge is -2.20. The molecule has 0 radical (unpaired) electrons. The molecule has 6 heteroatoms. The highest BCUT2D eigenvalue weighted by Gasteiger charge is 2.19. The summed E-state index contributed by atoms with van der Waals surface area (Å²) in [5.74, 6) is 0.215. The minimum absolute atomic E-state index is 0.0350. The molecule has 0 saturated heterocycles. The van der Waals surface area contributed by atoms with E-state index in [-0.39, 0.29) is 17.7 Å². The van der Waals surface area contributed by atoms with E-state index in [0.717, 1.165) is 5.69 Å². The fourth-order valence-electron chi connectivity index (χ4n) is 1.53. The van der Waals surface area contributed by atoms with E-state index in [4.69, 9.17) is 5.73 Å². The van der Waals surface area contributed by atoms with Gasteiger partial charge >= 0.3 is 0 Å². The molecule has 102 valence electrons. The third-order valence-electron chi connectivity index (χ3n) is 2.74. The number of aromatic nitrogens is 1. The number of hydrogen-bond donors (Lipinski definition) is 2. The van der Waals surface area contributed by atoms with Crippen LogP contribution in [0.1, 0.15) is 19.5 Å². The van der Waals surface area contributed by atoms with Crippen LogP contribution in [-0.4, -0.2) is 31.7 Å². The molecule has 1 rings (SSSR count). The average molecular weight is 271 g/mol. The second kappa shape index (κ2) is 6.82. The zero-order valence-electron chi connectivity index (χ0n) is 10.8. The molecule has 0 spiro atoms. The summed E-state index contributed by atoms with van der Waals surface area (Å²) in [6.45, 7) is 4.19. The van der Waals surface area contributed by atoms with Gasteiger partial charge in [0.25, 0.3) is 0 Å². The van der Waals surface area contributed by atoms with Crippen LogP contribution in [0, 0.1) is 5.92 Å². The molecule has 18 heavy (non-hydrogen) atoms. The van der Waals surface area contributed by atoms with Gasteiger partial charge in [0.2, 0.25) is 10.0 Å². The first-order valence-electron chi connectivity index (χ1n) is 6.04. The van der Waals surface area contributed by atoms with E-state index in [0.29, 0.717) is 13.0 Å². The van der Waals surface area contributed by atoms with Gasteiger partial charge in [-0.3, -0.25) is 4.98 Å². The van der Waals surface area contributed by atoms with Crippen molar-refractivity contribution < 1.29 is 8.42 Å². The Morgan fingerprint density at radius 1 is 1.39 bits per heavy atom. The summed E-state index contributed by atoms with van der Waals surface area (Å²) < 4.78 is 26.4. The fourth-order valence-corrected chi connectivity index (χ4v) is 2.96. The van der Waals surface area contributed by atoms with E-state index in [1.165, 1.54) is 0 Å². The van der Waals surface area contributed by atoms with E-state index >= 15 is 0 Å². The van der Waals surface area contributed by atoms with E-state index in [9.17, 15) is 8.42 Å². The predicted octanol–water partition coefficient (Wildman–Crippen LogP) is 0.527. The van der Waals surface area contributed by atoms with Crippen molar-refractivity contribution in [3.8, 4) is 0 Å². The van der Waals surface area contributed by atoms with Crippen LogP contribution in [0.5, 0.6) is 0 Å². The van der Waals surface area contributed by atoms with Crippen molar-refractivity contribution in [2.75, 3.05) is 12.3 Å². The molecule has 1 aromatic heterocycles.